The molecule has 0 saturated carbocycles. The molecule has 2 nitrogen and oxygen atoms in total. The molecule has 1 aromatic carbocycles. The van der Waals surface area contributed by atoms with E-state index >= 15 is 0 Å². The van der Waals surface area contributed by atoms with Crippen LogP contribution in [-0.4, -0.2) is 6.61 Å². The number of nitrogens with two attached hydrogens (primary N) is 1. The van der Waals surface area contributed by atoms with Crippen LogP contribution in [0, 0.1) is 0 Å². The minimum absolute atomic E-state index is 0.0885. The molecule has 0 radical (unpaired) electrons. The van der Waals surface area contributed by atoms with Crippen LogP contribution in [0.4, 0.5) is 8.78 Å². The molecule has 0 aliphatic heterocycles. The number of alkyl halides is 2. The molecule has 0 amide bonds. The molecule has 1 aromatic heterocycles. The first-order valence-corrected chi connectivity index (χ1v) is 6.37. The second kappa shape index (κ2) is 5.65. The maximum Gasteiger partial charge on any atom is 0.387 e. The number of ether oxygens (including phenoxy) is 1. The van der Waals surface area contributed by atoms with Crippen LogP contribution in [-0.2, 0) is 0 Å². The predicted octanol–water partition coefficient (Wildman–Crippen LogP) is 4.05. The Morgan fingerprint density at radius 2 is 2.06 bits per heavy atom. The van der Waals surface area contributed by atoms with Gasteiger partial charge in [-0.3, -0.25) is 0 Å². The lowest BCUT2D eigenvalue weighted by atomic mass is 10.1. The summed E-state index contributed by atoms with van der Waals surface area (Å²) in [5, 5.41) is 2.41. The average Bonchev–Trinajstić information content (AvgIpc) is 2.74. The van der Waals surface area contributed by atoms with Crippen molar-refractivity contribution in [1.82, 2.24) is 0 Å². The smallest absolute Gasteiger partial charge is 0.387 e. The number of thiophene rings is 1. The van der Waals surface area contributed by atoms with E-state index in [1.165, 1.54) is 23.5 Å². The molecule has 1 heterocycles. The third-order valence-electron chi connectivity index (χ3n) is 2.37. The Kier molecular flexibility index (Phi) is 4.16. The standard InChI is InChI=1S/C12H10ClF2NOS/c13-9-4-5-18-11(9)10(16)7-2-1-3-8(6-7)17-12(14)15/h1-6,10,12H,16H2. The van der Waals surface area contributed by atoms with Gasteiger partial charge < -0.3 is 10.5 Å². The van der Waals surface area contributed by atoms with Crippen LogP contribution in [0.25, 0.3) is 0 Å². The number of benzene rings is 1. The molecule has 2 rings (SSSR count). The third-order valence-corrected chi connectivity index (χ3v) is 3.81. The van der Waals surface area contributed by atoms with Gasteiger partial charge in [0.1, 0.15) is 5.75 Å². The van der Waals surface area contributed by atoms with Crippen molar-refractivity contribution >= 4 is 22.9 Å². The fraction of sp³-hybridized carbons (Fsp3) is 0.167. The lowest BCUT2D eigenvalue weighted by Crippen LogP contribution is -2.11. The van der Waals surface area contributed by atoms with Gasteiger partial charge in [0, 0.05) is 4.88 Å². The van der Waals surface area contributed by atoms with Gasteiger partial charge in [-0.15, -0.1) is 11.3 Å². The Hall–Kier alpha value is -1.17. The first kappa shape index (κ1) is 13.3. The SMILES string of the molecule is NC(c1cccc(OC(F)F)c1)c1sccc1Cl. The molecule has 0 saturated heterocycles. The normalized spacial score (nSPS) is 12.7. The monoisotopic (exact) mass is 289 g/mol. The zero-order valence-electron chi connectivity index (χ0n) is 9.15. The number of hydrogen-bond acceptors (Lipinski definition) is 3. The van der Waals surface area contributed by atoms with Gasteiger partial charge in [-0.1, -0.05) is 23.7 Å². The first-order chi connectivity index (χ1) is 8.58. The molecule has 2 N–H and O–H groups in total. The molecule has 1 atom stereocenters. The van der Waals surface area contributed by atoms with Gasteiger partial charge in [0.05, 0.1) is 11.1 Å². The van der Waals surface area contributed by atoms with E-state index in [0.29, 0.717) is 10.6 Å². The zero-order chi connectivity index (χ0) is 13.1. The Bertz CT molecular complexity index is 532. The van der Waals surface area contributed by atoms with E-state index in [1.807, 2.05) is 5.38 Å². The van der Waals surface area contributed by atoms with E-state index in [1.54, 1.807) is 18.2 Å². The highest BCUT2D eigenvalue weighted by Gasteiger charge is 2.15. The fourth-order valence-corrected chi connectivity index (χ4v) is 2.77. The Balaban J connectivity index is 2.25. The fourth-order valence-electron chi connectivity index (χ4n) is 1.56. The molecule has 96 valence electrons. The van der Waals surface area contributed by atoms with Crippen molar-refractivity contribution in [3.63, 3.8) is 0 Å². The molecule has 0 aliphatic rings. The molecular weight excluding hydrogens is 280 g/mol. The lowest BCUT2D eigenvalue weighted by Gasteiger charge is -2.12. The van der Waals surface area contributed by atoms with Crippen LogP contribution < -0.4 is 10.5 Å². The van der Waals surface area contributed by atoms with E-state index < -0.39 is 12.7 Å². The lowest BCUT2D eigenvalue weighted by molar-refractivity contribution is -0.0498. The summed E-state index contributed by atoms with van der Waals surface area (Å²) in [6.45, 7) is -2.85. The van der Waals surface area contributed by atoms with Crippen molar-refractivity contribution in [1.29, 1.82) is 0 Å². The van der Waals surface area contributed by atoms with Crippen LogP contribution in [0.2, 0.25) is 5.02 Å². The van der Waals surface area contributed by atoms with Gasteiger partial charge in [-0.25, -0.2) is 0 Å². The molecule has 0 aliphatic carbocycles. The maximum atomic E-state index is 12.1. The van der Waals surface area contributed by atoms with Crippen LogP contribution in [0.15, 0.2) is 35.7 Å². The van der Waals surface area contributed by atoms with Gasteiger partial charge in [0.15, 0.2) is 0 Å². The predicted molar refractivity (Wildman–Crippen MR) is 68.4 cm³/mol. The van der Waals surface area contributed by atoms with E-state index in [9.17, 15) is 8.78 Å². The maximum absolute atomic E-state index is 12.1. The number of halogens is 3. The summed E-state index contributed by atoms with van der Waals surface area (Å²) in [7, 11) is 0. The van der Waals surface area contributed by atoms with Crippen LogP contribution in [0.1, 0.15) is 16.5 Å². The Morgan fingerprint density at radius 3 is 2.67 bits per heavy atom. The quantitative estimate of drug-likeness (QED) is 0.921. The molecule has 6 heteroatoms. The van der Waals surface area contributed by atoms with E-state index in [-0.39, 0.29) is 5.75 Å². The number of rotatable bonds is 4. The second-order valence-corrected chi connectivity index (χ2v) is 4.92. The van der Waals surface area contributed by atoms with Gasteiger partial charge in [-0.2, -0.15) is 8.78 Å². The topological polar surface area (TPSA) is 35.2 Å². The molecule has 18 heavy (non-hydrogen) atoms. The van der Waals surface area contributed by atoms with Gasteiger partial charge in [0.25, 0.3) is 0 Å². The average molecular weight is 290 g/mol. The minimum atomic E-state index is -2.85. The van der Waals surface area contributed by atoms with Crippen molar-refractivity contribution in [3.05, 3.63) is 51.2 Å². The third kappa shape index (κ3) is 2.98. The zero-order valence-corrected chi connectivity index (χ0v) is 10.7. The van der Waals surface area contributed by atoms with E-state index in [2.05, 4.69) is 4.74 Å². The summed E-state index contributed by atoms with van der Waals surface area (Å²) < 4.78 is 28.6. The van der Waals surface area contributed by atoms with Gasteiger partial charge in [-0.05, 0) is 29.1 Å². The molecule has 2 aromatic rings. The van der Waals surface area contributed by atoms with Crippen LogP contribution >= 0.6 is 22.9 Å². The summed E-state index contributed by atoms with van der Waals surface area (Å²) in [6.07, 6.45) is 0. The summed E-state index contributed by atoms with van der Waals surface area (Å²) in [4.78, 5) is 0.797. The Labute approximate surface area is 112 Å². The Morgan fingerprint density at radius 1 is 1.28 bits per heavy atom. The molecular formula is C12H10ClF2NOS. The molecule has 0 fully saturated rings. The van der Waals surface area contributed by atoms with Gasteiger partial charge in [0.2, 0.25) is 0 Å². The van der Waals surface area contributed by atoms with Crippen molar-refractivity contribution in [2.24, 2.45) is 5.73 Å². The summed E-state index contributed by atoms with van der Waals surface area (Å²) >= 11 is 7.41. The first-order valence-electron chi connectivity index (χ1n) is 5.11. The minimum Gasteiger partial charge on any atom is -0.435 e. The van der Waals surface area contributed by atoms with E-state index in [4.69, 9.17) is 17.3 Å². The van der Waals surface area contributed by atoms with Crippen LogP contribution in [0.5, 0.6) is 5.75 Å². The van der Waals surface area contributed by atoms with Crippen molar-refractivity contribution < 1.29 is 13.5 Å². The molecule has 0 spiro atoms. The summed E-state index contributed by atoms with van der Waals surface area (Å²) in [5.41, 5.74) is 6.72. The van der Waals surface area contributed by atoms with Crippen molar-refractivity contribution in [2.45, 2.75) is 12.7 Å². The number of hydrogen-bond donors (Lipinski definition) is 1. The molecule has 0 bridgehead atoms. The van der Waals surface area contributed by atoms with Crippen molar-refractivity contribution in [2.75, 3.05) is 0 Å². The highest BCUT2D eigenvalue weighted by molar-refractivity contribution is 7.10. The second-order valence-electron chi connectivity index (χ2n) is 3.56. The van der Waals surface area contributed by atoms with Crippen molar-refractivity contribution in [3.8, 4) is 5.75 Å². The highest BCUT2D eigenvalue weighted by atomic mass is 35.5. The highest BCUT2D eigenvalue weighted by Crippen LogP contribution is 2.32. The van der Waals surface area contributed by atoms with E-state index in [0.717, 1.165) is 4.88 Å². The molecule has 1 unspecified atom stereocenters. The summed E-state index contributed by atoms with van der Waals surface area (Å²) in [6, 6.07) is 7.62. The van der Waals surface area contributed by atoms with Gasteiger partial charge >= 0.3 is 6.61 Å². The largest absolute Gasteiger partial charge is 0.435 e. The van der Waals surface area contributed by atoms with Crippen LogP contribution in [0.3, 0.4) is 0 Å². The summed E-state index contributed by atoms with van der Waals surface area (Å²) in [5.74, 6) is 0.0885.